The maximum absolute atomic E-state index is 13.9. The Bertz CT molecular complexity index is 585. The second kappa shape index (κ2) is 5.07. The number of halogens is 1. The minimum Gasteiger partial charge on any atom is -0.271 e. The third-order valence-electron chi connectivity index (χ3n) is 3.82. The summed E-state index contributed by atoms with van der Waals surface area (Å²) in [6, 6.07) is 10.5. The number of nitrogens with one attached hydrogen (secondary N) is 1. The van der Waals surface area contributed by atoms with E-state index >= 15 is 0 Å². The monoisotopic (exact) mass is 257 g/mol. The zero-order chi connectivity index (χ0) is 13.2. The van der Waals surface area contributed by atoms with Gasteiger partial charge in [-0.15, -0.1) is 0 Å². The molecule has 0 fully saturated rings. The molecule has 0 aliphatic heterocycles. The molecule has 2 atom stereocenters. The number of aryl methyl sites for hydroxylation is 1. The highest BCUT2D eigenvalue weighted by atomic mass is 19.1. The molecule has 0 spiro atoms. The summed E-state index contributed by atoms with van der Waals surface area (Å²) >= 11 is 0. The van der Waals surface area contributed by atoms with Crippen LogP contribution in [-0.2, 0) is 6.42 Å². The molecule has 0 saturated carbocycles. The maximum atomic E-state index is 13.9. The van der Waals surface area contributed by atoms with Crippen molar-refractivity contribution in [3.63, 3.8) is 0 Å². The van der Waals surface area contributed by atoms with Gasteiger partial charge in [0.25, 0.3) is 0 Å². The molecule has 1 aliphatic carbocycles. The Labute approximate surface area is 111 Å². The van der Waals surface area contributed by atoms with Gasteiger partial charge in [-0.25, -0.2) is 4.39 Å². The van der Waals surface area contributed by atoms with Gasteiger partial charge in [0.15, 0.2) is 0 Å². The average Bonchev–Trinajstić information content (AvgIpc) is 2.86. The predicted molar refractivity (Wildman–Crippen MR) is 71.8 cm³/mol. The molecule has 98 valence electrons. The van der Waals surface area contributed by atoms with E-state index in [4.69, 9.17) is 5.84 Å². The van der Waals surface area contributed by atoms with Crippen molar-refractivity contribution in [2.24, 2.45) is 5.84 Å². The van der Waals surface area contributed by atoms with E-state index < -0.39 is 0 Å². The molecular weight excluding hydrogens is 241 g/mol. The van der Waals surface area contributed by atoms with Crippen molar-refractivity contribution in [3.05, 3.63) is 65.2 Å². The lowest BCUT2D eigenvalue weighted by Gasteiger charge is -2.23. The smallest absolute Gasteiger partial charge is 0.128 e. The first-order chi connectivity index (χ1) is 9.31. The molecule has 1 heterocycles. The molecule has 1 aliphatic rings. The van der Waals surface area contributed by atoms with Gasteiger partial charge < -0.3 is 0 Å². The number of nitrogens with two attached hydrogens (primary N) is 1. The van der Waals surface area contributed by atoms with Gasteiger partial charge in [0.05, 0.1) is 6.04 Å². The summed E-state index contributed by atoms with van der Waals surface area (Å²) in [5.41, 5.74) is 5.64. The lowest BCUT2D eigenvalue weighted by molar-refractivity contribution is 0.429. The number of nitrogens with zero attached hydrogens (tertiary/aromatic N) is 1. The largest absolute Gasteiger partial charge is 0.271 e. The van der Waals surface area contributed by atoms with Crippen LogP contribution in [0.2, 0.25) is 0 Å². The molecule has 2 unspecified atom stereocenters. The van der Waals surface area contributed by atoms with Gasteiger partial charge >= 0.3 is 0 Å². The van der Waals surface area contributed by atoms with Crippen LogP contribution in [0.1, 0.15) is 35.2 Å². The Morgan fingerprint density at radius 2 is 2.11 bits per heavy atom. The fourth-order valence-corrected chi connectivity index (χ4v) is 2.92. The van der Waals surface area contributed by atoms with Gasteiger partial charge in [-0.05, 0) is 30.5 Å². The Hall–Kier alpha value is -1.78. The molecule has 2 aromatic rings. The number of fused-ring (bicyclic) bond motifs is 1. The fourth-order valence-electron chi connectivity index (χ4n) is 2.92. The van der Waals surface area contributed by atoms with Gasteiger partial charge in [0.2, 0.25) is 0 Å². The van der Waals surface area contributed by atoms with E-state index in [1.807, 2.05) is 12.1 Å². The van der Waals surface area contributed by atoms with Gasteiger partial charge in [0, 0.05) is 23.4 Å². The van der Waals surface area contributed by atoms with E-state index in [1.54, 1.807) is 18.3 Å². The van der Waals surface area contributed by atoms with E-state index in [0.717, 1.165) is 18.5 Å². The molecule has 0 amide bonds. The van der Waals surface area contributed by atoms with Crippen LogP contribution in [0.4, 0.5) is 4.39 Å². The fraction of sp³-hybridized carbons (Fsp3) is 0.267. The highest BCUT2D eigenvalue weighted by Gasteiger charge is 2.32. The number of aromatic nitrogens is 1. The Kier molecular flexibility index (Phi) is 3.27. The second-order valence-corrected chi connectivity index (χ2v) is 4.86. The zero-order valence-corrected chi connectivity index (χ0v) is 10.5. The number of hydrazine groups is 1. The molecule has 0 saturated heterocycles. The van der Waals surface area contributed by atoms with Crippen LogP contribution in [0.15, 0.2) is 42.6 Å². The third kappa shape index (κ3) is 2.13. The second-order valence-electron chi connectivity index (χ2n) is 4.86. The van der Waals surface area contributed by atoms with Crippen molar-refractivity contribution in [2.45, 2.75) is 24.8 Å². The topological polar surface area (TPSA) is 50.9 Å². The summed E-state index contributed by atoms with van der Waals surface area (Å²) in [6.07, 6.45) is 3.70. The van der Waals surface area contributed by atoms with Crippen molar-refractivity contribution in [2.75, 3.05) is 0 Å². The standard InChI is InChI=1S/C15H16FN3/c16-13-6-2-1-5-11(13)15(19-17)12-8-7-10-4-3-9-18-14(10)12/h1-6,9,12,15,19H,7-8,17H2. The van der Waals surface area contributed by atoms with Crippen molar-refractivity contribution in [1.82, 2.24) is 10.4 Å². The Morgan fingerprint density at radius 3 is 2.89 bits per heavy atom. The number of hydrogen-bond donors (Lipinski definition) is 2. The van der Waals surface area contributed by atoms with Crippen LogP contribution in [-0.4, -0.2) is 4.98 Å². The van der Waals surface area contributed by atoms with Crippen molar-refractivity contribution < 1.29 is 4.39 Å². The lowest BCUT2D eigenvalue weighted by Crippen LogP contribution is -2.32. The molecule has 3 N–H and O–H groups in total. The van der Waals surface area contributed by atoms with Crippen LogP contribution in [0.3, 0.4) is 0 Å². The van der Waals surface area contributed by atoms with E-state index in [-0.39, 0.29) is 17.8 Å². The van der Waals surface area contributed by atoms with E-state index in [2.05, 4.69) is 16.5 Å². The average molecular weight is 257 g/mol. The normalized spacial score (nSPS) is 19.2. The molecule has 3 rings (SSSR count). The predicted octanol–water partition coefficient (Wildman–Crippen LogP) is 2.46. The van der Waals surface area contributed by atoms with E-state index in [0.29, 0.717) is 5.56 Å². The minimum atomic E-state index is -0.239. The van der Waals surface area contributed by atoms with Gasteiger partial charge in [-0.2, -0.15) is 0 Å². The number of benzene rings is 1. The van der Waals surface area contributed by atoms with Crippen molar-refractivity contribution in [3.8, 4) is 0 Å². The van der Waals surface area contributed by atoms with Gasteiger partial charge in [-0.3, -0.25) is 16.3 Å². The molecule has 19 heavy (non-hydrogen) atoms. The maximum Gasteiger partial charge on any atom is 0.128 e. The van der Waals surface area contributed by atoms with Crippen LogP contribution in [0, 0.1) is 5.82 Å². The highest BCUT2D eigenvalue weighted by molar-refractivity contribution is 5.33. The number of pyridine rings is 1. The molecule has 3 nitrogen and oxygen atoms in total. The summed E-state index contributed by atoms with van der Waals surface area (Å²) in [7, 11) is 0. The van der Waals surface area contributed by atoms with Crippen molar-refractivity contribution >= 4 is 0 Å². The van der Waals surface area contributed by atoms with Gasteiger partial charge in [-0.1, -0.05) is 24.3 Å². The third-order valence-corrected chi connectivity index (χ3v) is 3.82. The molecule has 0 bridgehead atoms. The number of hydrogen-bond acceptors (Lipinski definition) is 3. The summed E-state index contributed by atoms with van der Waals surface area (Å²) < 4.78 is 13.9. The van der Waals surface area contributed by atoms with Crippen molar-refractivity contribution in [1.29, 1.82) is 0 Å². The summed E-state index contributed by atoms with van der Waals surface area (Å²) in [5.74, 6) is 5.56. The van der Waals surface area contributed by atoms with E-state index in [9.17, 15) is 4.39 Å². The Balaban J connectivity index is 1.99. The van der Waals surface area contributed by atoms with Gasteiger partial charge in [0.1, 0.15) is 5.82 Å². The quantitative estimate of drug-likeness (QED) is 0.656. The first-order valence-electron chi connectivity index (χ1n) is 6.45. The first-order valence-corrected chi connectivity index (χ1v) is 6.45. The first kappa shape index (κ1) is 12.3. The highest BCUT2D eigenvalue weighted by Crippen LogP contribution is 2.40. The molecule has 0 radical (unpaired) electrons. The summed E-state index contributed by atoms with van der Waals surface area (Å²) in [6.45, 7) is 0. The summed E-state index contributed by atoms with van der Waals surface area (Å²) in [4.78, 5) is 4.45. The van der Waals surface area contributed by atoms with Crippen LogP contribution in [0.25, 0.3) is 0 Å². The van der Waals surface area contributed by atoms with E-state index in [1.165, 1.54) is 11.6 Å². The molecule has 4 heteroatoms. The molecular formula is C15H16FN3. The van der Waals surface area contributed by atoms with Crippen LogP contribution >= 0.6 is 0 Å². The number of rotatable bonds is 3. The molecule has 1 aromatic heterocycles. The summed E-state index contributed by atoms with van der Waals surface area (Å²) in [5, 5.41) is 0. The lowest BCUT2D eigenvalue weighted by atomic mass is 9.91. The Morgan fingerprint density at radius 1 is 1.26 bits per heavy atom. The minimum absolute atomic E-state index is 0.123. The SMILES string of the molecule is NNC(c1ccccc1F)C1CCc2cccnc21. The van der Waals surface area contributed by atoms with Crippen LogP contribution < -0.4 is 11.3 Å². The molecule has 1 aromatic carbocycles. The zero-order valence-electron chi connectivity index (χ0n) is 10.5. The van der Waals surface area contributed by atoms with Crippen LogP contribution in [0.5, 0.6) is 0 Å².